The second kappa shape index (κ2) is 11.8. The molecule has 1 unspecified atom stereocenters. The quantitative estimate of drug-likeness (QED) is 0.783. The van der Waals surface area contributed by atoms with E-state index >= 15 is 0 Å². The van der Waals surface area contributed by atoms with Gasteiger partial charge in [-0.05, 0) is 19.3 Å². The Morgan fingerprint density at radius 1 is 1.18 bits per heavy atom. The van der Waals surface area contributed by atoms with Gasteiger partial charge >= 0.3 is 0 Å². The molecular weight excluding hydrogens is 276 g/mol. The summed E-state index contributed by atoms with van der Waals surface area (Å²) in [6.45, 7) is 10.7. The third kappa shape index (κ3) is 7.54. The second-order valence-corrected chi connectivity index (χ2v) is 5.79. The number of piperazine rings is 1. The predicted molar refractivity (Wildman–Crippen MR) is 93.2 cm³/mol. The van der Waals surface area contributed by atoms with Crippen molar-refractivity contribution in [2.75, 3.05) is 53.0 Å². The molecule has 0 spiro atoms. The van der Waals surface area contributed by atoms with E-state index in [2.05, 4.69) is 28.0 Å². The highest BCUT2D eigenvalue weighted by molar-refractivity contribution is 5.17. The average molecular weight is 310 g/mol. The topological polar surface area (TPSA) is 35.9 Å². The van der Waals surface area contributed by atoms with Gasteiger partial charge in [-0.1, -0.05) is 37.6 Å². The van der Waals surface area contributed by atoms with Crippen LogP contribution in [0.1, 0.15) is 33.1 Å². The first kappa shape index (κ1) is 19.4. The van der Waals surface area contributed by atoms with E-state index in [-0.39, 0.29) is 6.10 Å². The van der Waals surface area contributed by atoms with Crippen LogP contribution < -0.4 is 0 Å². The number of aliphatic hydroxyl groups excluding tert-OH is 1. The highest BCUT2D eigenvalue weighted by Gasteiger charge is 2.19. The van der Waals surface area contributed by atoms with Crippen molar-refractivity contribution >= 4 is 0 Å². The Morgan fingerprint density at radius 2 is 1.86 bits per heavy atom. The molecule has 1 fully saturated rings. The van der Waals surface area contributed by atoms with Crippen LogP contribution in [0.5, 0.6) is 0 Å². The van der Waals surface area contributed by atoms with Crippen LogP contribution in [0.25, 0.3) is 0 Å². The monoisotopic (exact) mass is 310 g/mol. The van der Waals surface area contributed by atoms with Crippen LogP contribution in [-0.2, 0) is 4.74 Å². The molecule has 1 saturated heterocycles. The van der Waals surface area contributed by atoms with E-state index in [9.17, 15) is 5.11 Å². The summed E-state index contributed by atoms with van der Waals surface area (Å²) in [6.07, 6.45) is 10.0. The van der Waals surface area contributed by atoms with E-state index in [0.717, 1.165) is 32.7 Å². The fraction of sp³-hybridized carbons (Fsp3) is 0.778. The van der Waals surface area contributed by atoms with E-state index in [1.807, 2.05) is 13.8 Å². The van der Waals surface area contributed by atoms with Crippen molar-refractivity contribution in [1.29, 1.82) is 0 Å². The van der Waals surface area contributed by atoms with Crippen LogP contribution in [0.4, 0.5) is 0 Å². The minimum Gasteiger partial charge on any atom is -0.389 e. The fourth-order valence-corrected chi connectivity index (χ4v) is 2.90. The minimum absolute atomic E-state index is 0.356. The van der Waals surface area contributed by atoms with Crippen molar-refractivity contribution in [3.63, 3.8) is 0 Å². The lowest BCUT2D eigenvalue weighted by Crippen LogP contribution is -2.49. The summed E-state index contributed by atoms with van der Waals surface area (Å²) < 4.78 is 4.97. The number of hydrogen-bond donors (Lipinski definition) is 1. The maximum Gasteiger partial charge on any atom is 0.0900 e. The predicted octanol–water partition coefficient (Wildman–Crippen LogP) is 2.30. The van der Waals surface area contributed by atoms with Crippen molar-refractivity contribution < 1.29 is 9.84 Å². The molecular formula is C18H34N2O2. The number of allylic oxidation sites excluding steroid dienone is 3. The van der Waals surface area contributed by atoms with E-state index in [1.165, 1.54) is 25.8 Å². The molecule has 0 aromatic heterocycles. The summed E-state index contributed by atoms with van der Waals surface area (Å²) in [5.74, 6) is 0. The van der Waals surface area contributed by atoms with Crippen molar-refractivity contribution in [2.24, 2.45) is 0 Å². The summed E-state index contributed by atoms with van der Waals surface area (Å²) in [4.78, 5) is 4.88. The number of nitrogens with zero attached hydrogens (tertiary/aromatic N) is 2. The van der Waals surface area contributed by atoms with E-state index < -0.39 is 0 Å². The van der Waals surface area contributed by atoms with Gasteiger partial charge in [0.2, 0.25) is 0 Å². The number of β-amino-alcohol motifs (C(OH)–C–C–N with tert-alkyl or cyclic N) is 1. The number of rotatable bonds is 7. The standard InChI is InChI=1S/C16H28N2O2.C2H6/c1-20-14-16(19)13-18-11-9-17(10-12-18)8-7-15-5-3-2-4-6-15;1-2/h2-3,5,16,19H,4,6-14H2,1H3;1-2H3. The third-order valence-electron chi connectivity index (χ3n) is 4.14. The van der Waals surface area contributed by atoms with Crippen LogP contribution in [0, 0.1) is 0 Å². The normalized spacial score (nSPS) is 21.0. The molecule has 0 aromatic rings. The Kier molecular flexibility index (Phi) is 10.4. The van der Waals surface area contributed by atoms with Crippen LogP contribution in [-0.4, -0.2) is 74.0 Å². The summed E-state index contributed by atoms with van der Waals surface area (Å²) >= 11 is 0. The zero-order valence-electron chi connectivity index (χ0n) is 14.6. The molecule has 0 aromatic carbocycles. The third-order valence-corrected chi connectivity index (χ3v) is 4.14. The summed E-state index contributed by atoms with van der Waals surface area (Å²) in [7, 11) is 1.64. The van der Waals surface area contributed by atoms with Gasteiger partial charge in [-0.2, -0.15) is 0 Å². The molecule has 0 saturated carbocycles. The van der Waals surface area contributed by atoms with Gasteiger partial charge in [0.15, 0.2) is 0 Å². The van der Waals surface area contributed by atoms with E-state index in [0.29, 0.717) is 6.61 Å². The van der Waals surface area contributed by atoms with Gasteiger partial charge in [0.05, 0.1) is 12.7 Å². The van der Waals surface area contributed by atoms with Gasteiger partial charge in [0.1, 0.15) is 0 Å². The van der Waals surface area contributed by atoms with Crippen LogP contribution >= 0.6 is 0 Å². The Balaban J connectivity index is 0.00000116. The molecule has 0 bridgehead atoms. The molecule has 1 heterocycles. The average Bonchev–Trinajstić information content (AvgIpc) is 2.57. The molecule has 2 rings (SSSR count). The molecule has 4 nitrogen and oxygen atoms in total. The largest absolute Gasteiger partial charge is 0.389 e. The smallest absolute Gasteiger partial charge is 0.0900 e. The van der Waals surface area contributed by atoms with E-state index in [4.69, 9.17) is 4.74 Å². The lowest BCUT2D eigenvalue weighted by atomic mass is 10.0. The first-order valence-electron chi connectivity index (χ1n) is 8.74. The molecule has 128 valence electrons. The minimum atomic E-state index is -0.356. The summed E-state index contributed by atoms with van der Waals surface area (Å²) in [5, 5.41) is 9.75. The number of aliphatic hydroxyl groups is 1. The van der Waals surface area contributed by atoms with Gasteiger partial charge in [-0.3, -0.25) is 4.90 Å². The van der Waals surface area contributed by atoms with Crippen molar-refractivity contribution in [1.82, 2.24) is 9.80 Å². The lowest BCUT2D eigenvalue weighted by molar-refractivity contribution is 0.0240. The molecule has 2 aliphatic rings. The van der Waals surface area contributed by atoms with Crippen molar-refractivity contribution in [2.45, 2.75) is 39.2 Å². The Hall–Kier alpha value is -0.680. The zero-order valence-corrected chi connectivity index (χ0v) is 14.6. The van der Waals surface area contributed by atoms with Crippen molar-refractivity contribution in [3.8, 4) is 0 Å². The fourth-order valence-electron chi connectivity index (χ4n) is 2.90. The van der Waals surface area contributed by atoms with Gasteiger partial charge in [-0.15, -0.1) is 0 Å². The first-order chi connectivity index (χ1) is 10.8. The maximum absolute atomic E-state index is 9.75. The molecule has 1 atom stereocenters. The molecule has 1 aliphatic heterocycles. The molecule has 0 radical (unpaired) electrons. The molecule has 22 heavy (non-hydrogen) atoms. The molecule has 4 heteroatoms. The Labute approximate surface area is 136 Å². The van der Waals surface area contributed by atoms with Gasteiger partial charge in [0, 0.05) is 46.4 Å². The van der Waals surface area contributed by atoms with E-state index in [1.54, 1.807) is 12.7 Å². The highest BCUT2D eigenvalue weighted by atomic mass is 16.5. The number of ether oxygens (including phenoxy) is 1. The van der Waals surface area contributed by atoms with Gasteiger partial charge in [-0.25, -0.2) is 0 Å². The summed E-state index contributed by atoms with van der Waals surface area (Å²) in [5.41, 5.74) is 1.59. The molecule has 0 amide bonds. The number of hydrogen-bond acceptors (Lipinski definition) is 4. The zero-order chi connectivity index (χ0) is 16.2. The van der Waals surface area contributed by atoms with Crippen LogP contribution in [0.15, 0.2) is 23.8 Å². The second-order valence-electron chi connectivity index (χ2n) is 5.79. The summed E-state index contributed by atoms with van der Waals surface area (Å²) in [6, 6.07) is 0. The van der Waals surface area contributed by atoms with Gasteiger partial charge < -0.3 is 14.7 Å². The first-order valence-corrected chi connectivity index (χ1v) is 8.74. The van der Waals surface area contributed by atoms with Crippen LogP contribution in [0.2, 0.25) is 0 Å². The van der Waals surface area contributed by atoms with Crippen LogP contribution in [0.3, 0.4) is 0 Å². The van der Waals surface area contributed by atoms with Crippen molar-refractivity contribution in [3.05, 3.63) is 23.8 Å². The SMILES string of the molecule is CC.COCC(O)CN1CCN(CCC2=CC=CCC2)CC1. The molecule has 1 aliphatic carbocycles. The lowest BCUT2D eigenvalue weighted by Gasteiger charge is -2.35. The maximum atomic E-state index is 9.75. The highest BCUT2D eigenvalue weighted by Crippen LogP contribution is 2.16. The van der Waals surface area contributed by atoms with Gasteiger partial charge in [0.25, 0.3) is 0 Å². The number of methoxy groups -OCH3 is 1. The molecule has 1 N–H and O–H groups in total. The Morgan fingerprint density at radius 3 is 2.45 bits per heavy atom. The Bertz CT molecular complexity index is 334.